The SMILES string of the molecule is N[C@H](CO)C(=O)N1CCC(Cc2ccc(C#Cc3ccc(CN4CCOCC4)cc3)cc2)CC1. The molecule has 2 saturated heterocycles. The molecule has 1 amide bonds. The van der Waals surface area contributed by atoms with Crippen molar-refractivity contribution in [3.05, 3.63) is 70.8 Å². The van der Waals surface area contributed by atoms with Gasteiger partial charge in [-0.3, -0.25) is 9.69 Å². The fourth-order valence-electron chi connectivity index (χ4n) is 4.58. The molecule has 180 valence electrons. The predicted octanol–water partition coefficient (Wildman–Crippen LogP) is 2.02. The molecule has 6 nitrogen and oxygen atoms in total. The molecule has 2 aliphatic rings. The molecule has 2 aliphatic heterocycles. The van der Waals surface area contributed by atoms with Crippen LogP contribution in [0.3, 0.4) is 0 Å². The third-order valence-corrected chi connectivity index (χ3v) is 6.73. The van der Waals surface area contributed by atoms with E-state index in [-0.39, 0.29) is 12.5 Å². The van der Waals surface area contributed by atoms with E-state index in [9.17, 15) is 4.79 Å². The summed E-state index contributed by atoms with van der Waals surface area (Å²) in [5.41, 5.74) is 10.3. The Morgan fingerprint density at radius 3 is 2.06 bits per heavy atom. The van der Waals surface area contributed by atoms with E-state index in [1.165, 1.54) is 11.1 Å². The van der Waals surface area contributed by atoms with E-state index >= 15 is 0 Å². The fraction of sp³-hybridized carbons (Fsp3) is 0.464. The van der Waals surface area contributed by atoms with Crippen molar-refractivity contribution in [2.24, 2.45) is 11.7 Å². The van der Waals surface area contributed by atoms with E-state index in [4.69, 9.17) is 15.6 Å². The number of piperidine rings is 1. The highest BCUT2D eigenvalue weighted by Crippen LogP contribution is 2.22. The van der Waals surface area contributed by atoms with E-state index in [2.05, 4.69) is 65.3 Å². The fourth-order valence-corrected chi connectivity index (χ4v) is 4.58. The first-order valence-electron chi connectivity index (χ1n) is 12.3. The van der Waals surface area contributed by atoms with Crippen molar-refractivity contribution in [1.82, 2.24) is 9.80 Å². The zero-order valence-corrected chi connectivity index (χ0v) is 19.8. The molecule has 0 bridgehead atoms. The second kappa shape index (κ2) is 12.1. The van der Waals surface area contributed by atoms with E-state index in [0.717, 1.165) is 63.2 Å². The number of aliphatic hydroxyl groups is 1. The van der Waals surface area contributed by atoms with Gasteiger partial charge in [0.2, 0.25) is 5.91 Å². The van der Waals surface area contributed by atoms with Crippen LogP contribution in [-0.4, -0.2) is 72.9 Å². The zero-order valence-electron chi connectivity index (χ0n) is 19.8. The lowest BCUT2D eigenvalue weighted by Gasteiger charge is -2.33. The van der Waals surface area contributed by atoms with Crippen LogP contribution in [0.4, 0.5) is 0 Å². The third-order valence-electron chi connectivity index (χ3n) is 6.73. The van der Waals surface area contributed by atoms with E-state index < -0.39 is 6.04 Å². The summed E-state index contributed by atoms with van der Waals surface area (Å²) in [6.07, 6.45) is 2.94. The number of morpholine rings is 1. The van der Waals surface area contributed by atoms with Crippen molar-refractivity contribution in [3.8, 4) is 11.8 Å². The summed E-state index contributed by atoms with van der Waals surface area (Å²) in [5, 5.41) is 9.09. The van der Waals surface area contributed by atoms with Crippen LogP contribution in [0.1, 0.15) is 35.1 Å². The molecule has 34 heavy (non-hydrogen) atoms. The van der Waals surface area contributed by atoms with Crippen LogP contribution < -0.4 is 5.73 Å². The molecule has 4 rings (SSSR count). The number of carbonyl (C=O) groups is 1. The van der Waals surface area contributed by atoms with Crippen molar-refractivity contribution >= 4 is 5.91 Å². The average molecular weight is 462 g/mol. The number of rotatable bonds is 6. The predicted molar refractivity (Wildman–Crippen MR) is 133 cm³/mol. The quantitative estimate of drug-likeness (QED) is 0.644. The zero-order chi connectivity index (χ0) is 23.8. The van der Waals surface area contributed by atoms with Gasteiger partial charge in [0.15, 0.2) is 0 Å². The molecule has 2 aromatic carbocycles. The second-order valence-electron chi connectivity index (χ2n) is 9.29. The minimum Gasteiger partial charge on any atom is -0.394 e. The van der Waals surface area contributed by atoms with Crippen molar-refractivity contribution in [3.63, 3.8) is 0 Å². The van der Waals surface area contributed by atoms with Crippen LogP contribution in [0, 0.1) is 17.8 Å². The van der Waals surface area contributed by atoms with Crippen molar-refractivity contribution < 1.29 is 14.6 Å². The summed E-state index contributed by atoms with van der Waals surface area (Å²) in [5.74, 6) is 6.96. The van der Waals surface area contributed by atoms with Crippen molar-refractivity contribution in [1.29, 1.82) is 0 Å². The van der Waals surface area contributed by atoms with Crippen LogP contribution in [0.15, 0.2) is 48.5 Å². The van der Waals surface area contributed by atoms with Gasteiger partial charge in [-0.25, -0.2) is 0 Å². The minimum absolute atomic E-state index is 0.143. The average Bonchev–Trinajstić information content (AvgIpc) is 2.89. The maximum Gasteiger partial charge on any atom is 0.241 e. The van der Waals surface area contributed by atoms with Gasteiger partial charge in [-0.1, -0.05) is 36.1 Å². The highest BCUT2D eigenvalue weighted by Gasteiger charge is 2.26. The molecule has 0 aromatic heterocycles. The van der Waals surface area contributed by atoms with Crippen molar-refractivity contribution in [2.45, 2.75) is 31.8 Å². The Kier molecular flexibility index (Phi) is 8.73. The molecule has 3 N–H and O–H groups in total. The number of amides is 1. The van der Waals surface area contributed by atoms with Gasteiger partial charge in [-0.15, -0.1) is 0 Å². The number of nitrogens with zero attached hydrogens (tertiary/aromatic N) is 2. The van der Waals surface area contributed by atoms with Gasteiger partial charge in [-0.2, -0.15) is 0 Å². The van der Waals surface area contributed by atoms with Gasteiger partial charge in [0.1, 0.15) is 6.04 Å². The molecule has 1 atom stereocenters. The normalized spacial score (nSPS) is 18.2. The Morgan fingerprint density at radius 1 is 0.941 bits per heavy atom. The number of likely N-dealkylation sites (tertiary alicyclic amines) is 1. The van der Waals surface area contributed by atoms with Crippen LogP contribution in [0.25, 0.3) is 0 Å². The van der Waals surface area contributed by atoms with E-state index in [0.29, 0.717) is 19.0 Å². The van der Waals surface area contributed by atoms with Crippen LogP contribution >= 0.6 is 0 Å². The van der Waals surface area contributed by atoms with Crippen LogP contribution in [0.2, 0.25) is 0 Å². The van der Waals surface area contributed by atoms with Gasteiger partial charge in [-0.05, 0) is 60.6 Å². The number of benzene rings is 2. The van der Waals surface area contributed by atoms with E-state index in [1.807, 2.05) is 0 Å². The lowest BCUT2D eigenvalue weighted by Crippen LogP contribution is -2.48. The largest absolute Gasteiger partial charge is 0.394 e. The lowest BCUT2D eigenvalue weighted by atomic mass is 9.89. The topological polar surface area (TPSA) is 79.0 Å². The summed E-state index contributed by atoms with van der Waals surface area (Å²) in [6.45, 7) is 5.73. The van der Waals surface area contributed by atoms with Gasteiger partial charge in [0, 0.05) is 43.9 Å². The molecule has 2 aromatic rings. The molecular formula is C28H35N3O3. The van der Waals surface area contributed by atoms with Gasteiger partial charge >= 0.3 is 0 Å². The number of carbonyl (C=O) groups excluding carboxylic acids is 1. The van der Waals surface area contributed by atoms with Crippen molar-refractivity contribution in [2.75, 3.05) is 46.0 Å². The molecular weight excluding hydrogens is 426 g/mol. The first kappa shape index (κ1) is 24.4. The molecule has 0 saturated carbocycles. The first-order chi connectivity index (χ1) is 16.6. The Balaban J connectivity index is 1.25. The van der Waals surface area contributed by atoms with Crippen LogP contribution in [0.5, 0.6) is 0 Å². The summed E-state index contributed by atoms with van der Waals surface area (Å²) in [7, 11) is 0. The Bertz CT molecular complexity index is 980. The minimum atomic E-state index is -0.793. The number of hydrogen-bond donors (Lipinski definition) is 2. The third kappa shape index (κ3) is 6.91. The number of hydrogen-bond acceptors (Lipinski definition) is 5. The number of aliphatic hydroxyl groups excluding tert-OH is 1. The smallest absolute Gasteiger partial charge is 0.241 e. The monoisotopic (exact) mass is 461 g/mol. The lowest BCUT2D eigenvalue weighted by molar-refractivity contribution is -0.134. The number of ether oxygens (including phenoxy) is 1. The summed E-state index contributed by atoms with van der Waals surface area (Å²) < 4.78 is 5.41. The molecule has 2 heterocycles. The van der Waals surface area contributed by atoms with Gasteiger partial charge in [0.05, 0.1) is 19.8 Å². The Labute approximate surface area is 202 Å². The van der Waals surface area contributed by atoms with Crippen LogP contribution in [-0.2, 0) is 22.5 Å². The molecule has 0 spiro atoms. The molecule has 0 unspecified atom stereocenters. The Morgan fingerprint density at radius 2 is 1.50 bits per heavy atom. The molecule has 0 aliphatic carbocycles. The summed E-state index contributed by atoms with van der Waals surface area (Å²) in [4.78, 5) is 16.3. The summed E-state index contributed by atoms with van der Waals surface area (Å²) in [6, 6.07) is 16.2. The van der Waals surface area contributed by atoms with Gasteiger partial charge < -0.3 is 20.5 Å². The Hall–Kier alpha value is -2.69. The molecule has 2 fully saturated rings. The van der Waals surface area contributed by atoms with E-state index in [1.54, 1.807) is 4.90 Å². The maximum absolute atomic E-state index is 12.1. The standard InChI is InChI=1S/C28H35N3O3/c29-27(21-32)28(33)31-13-11-25(12-14-31)19-24-7-3-22(4-8-24)1-2-23-5-9-26(10-6-23)20-30-15-17-34-18-16-30/h3-10,25,27,32H,11-21,29H2/t27-/m1/s1. The molecule has 0 radical (unpaired) electrons. The summed E-state index contributed by atoms with van der Waals surface area (Å²) >= 11 is 0. The molecule has 6 heteroatoms. The van der Waals surface area contributed by atoms with Gasteiger partial charge in [0.25, 0.3) is 0 Å². The number of nitrogens with two attached hydrogens (primary N) is 1. The first-order valence-corrected chi connectivity index (χ1v) is 12.3. The second-order valence-corrected chi connectivity index (χ2v) is 9.29. The highest BCUT2D eigenvalue weighted by molar-refractivity contribution is 5.81. The highest BCUT2D eigenvalue weighted by atomic mass is 16.5. The maximum atomic E-state index is 12.1.